The van der Waals surface area contributed by atoms with E-state index in [1.807, 2.05) is 12.1 Å². The monoisotopic (exact) mass is 526 g/mol. The SMILES string of the molecule is CC(C)CNC(=NCc1ccccc1CN1CCOCC1)NCCc1ccco1.I. The van der Waals surface area contributed by atoms with Gasteiger partial charge in [0.1, 0.15) is 5.76 Å². The van der Waals surface area contributed by atoms with Crippen molar-refractivity contribution >= 4 is 29.9 Å². The van der Waals surface area contributed by atoms with Crippen LogP contribution < -0.4 is 10.6 Å². The van der Waals surface area contributed by atoms with E-state index in [9.17, 15) is 0 Å². The Hall–Kier alpha value is -1.58. The van der Waals surface area contributed by atoms with Gasteiger partial charge in [-0.2, -0.15) is 0 Å². The third kappa shape index (κ3) is 8.65. The molecule has 0 bridgehead atoms. The summed E-state index contributed by atoms with van der Waals surface area (Å²) in [7, 11) is 0. The van der Waals surface area contributed by atoms with Crippen LogP contribution in [-0.2, 0) is 24.2 Å². The number of morpholine rings is 1. The smallest absolute Gasteiger partial charge is 0.191 e. The van der Waals surface area contributed by atoms with Crippen molar-refractivity contribution in [2.24, 2.45) is 10.9 Å². The zero-order valence-corrected chi connectivity index (χ0v) is 20.4. The molecule has 0 radical (unpaired) electrons. The van der Waals surface area contributed by atoms with Crippen molar-refractivity contribution in [1.29, 1.82) is 0 Å². The second kappa shape index (κ2) is 13.7. The van der Waals surface area contributed by atoms with E-state index in [4.69, 9.17) is 14.1 Å². The van der Waals surface area contributed by atoms with Crippen molar-refractivity contribution in [3.63, 3.8) is 0 Å². The number of hydrogen-bond donors (Lipinski definition) is 2. The number of ether oxygens (including phenoxy) is 1. The van der Waals surface area contributed by atoms with Crippen molar-refractivity contribution in [2.45, 2.75) is 33.4 Å². The van der Waals surface area contributed by atoms with Crippen LogP contribution in [0.3, 0.4) is 0 Å². The van der Waals surface area contributed by atoms with Gasteiger partial charge in [0, 0.05) is 39.1 Å². The zero-order valence-electron chi connectivity index (χ0n) is 18.1. The summed E-state index contributed by atoms with van der Waals surface area (Å²) in [4.78, 5) is 7.31. The van der Waals surface area contributed by atoms with Crippen LogP contribution in [0.1, 0.15) is 30.7 Å². The molecule has 30 heavy (non-hydrogen) atoms. The summed E-state index contributed by atoms with van der Waals surface area (Å²) in [5.41, 5.74) is 2.62. The second-order valence-electron chi connectivity index (χ2n) is 7.85. The lowest BCUT2D eigenvalue weighted by molar-refractivity contribution is 0.0341. The summed E-state index contributed by atoms with van der Waals surface area (Å²) in [6, 6.07) is 12.5. The number of guanidine groups is 1. The maximum absolute atomic E-state index is 5.47. The first-order chi connectivity index (χ1) is 14.2. The van der Waals surface area contributed by atoms with Crippen LogP contribution in [0, 0.1) is 5.92 Å². The van der Waals surface area contributed by atoms with Gasteiger partial charge in [-0.05, 0) is 29.2 Å². The summed E-state index contributed by atoms with van der Waals surface area (Å²) in [6.45, 7) is 11.3. The number of furan rings is 1. The number of halogens is 1. The highest BCUT2D eigenvalue weighted by molar-refractivity contribution is 14.0. The van der Waals surface area contributed by atoms with E-state index in [0.29, 0.717) is 12.5 Å². The Morgan fingerprint density at radius 3 is 2.53 bits per heavy atom. The molecule has 2 heterocycles. The topological polar surface area (TPSA) is 62.0 Å². The van der Waals surface area contributed by atoms with Gasteiger partial charge in [0.25, 0.3) is 0 Å². The maximum atomic E-state index is 5.47. The third-order valence-corrected chi connectivity index (χ3v) is 4.95. The highest BCUT2D eigenvalue weighted by Crippen LogP contribution is 2.14. The van der Waals surface area contributed by atoms with Crippen LogP contribution in [0.2, 0.25) is 0 Å². The Balaban J connectivity index is 0.00000320. The molecule has 0 unspecified atom stereocenters. The normalized spacial score (nSPS) is 15.1. The Morgan fingerprint density at radius 2 is 1.83 bits per heavy atom. The summed E-state index contributed by atoms with van der Waals surface area (Å²) in [5.74, 6) is 2.39. The molecule has 2 aromatic rings. The van der Waals surface area contributed by atoms with Crippen LogP contribution in [0.4, 0.5) is 0 Å². The molecular formula is C23H35IN4O2. The van der Waals surface area contributed by atoms with Crippen molar-refractivity contribution in [3.8, 4) is 0 Å². The van der Waals surface area contributed by atoms with Crippen LogP contribution in [0.25, 0.3) is 0 Å². The number of rotatable bonds is 9. The van der Waals surface area contributed by atoms with E-state index < -0.39 is 0 Å². The predicted octanol–water partition coefficient (Wildman–Crippen LogP) is 3.66. The van der Waals surface area contributed by atoms with Gasteiger partial charge in [-0.25, -0.2) is 4.99 Å². The van der Waals surface area contributed by atoms with E-state index in [-0.39, 0.29) is 24.0 Å². The second-order valence-corrected chi connectivity index (χ2v) is 7.85. The molecule has 6 nitrogen and oxygen atoms in total. The van der Waals surface area contributed by atoms with Crippen molar-refractivity contribution in [3.05, 3.63) is 59.5 Å². The minimum atomic E-state index is 0. The van der Waals surface area contributed by atoms with Crippen LogP contribution in [0.15, 0.2) is 52.1 Å². The van der Waals surface area contributed by atoms with Crippen molar-refractivity contribution < 1.29 is 9.15 Å². The van der Waals surface area contributed by atoms with E-state index in [0.717, 1.165) is 64.1 Å². The molecule has 1 aliphatic rings. The fraction of sp³-hybridized carbons (Fsp3) is 0.522. The van der Waals surface area contributed by atoms with Gasteiger partial charge in [0.2, 0.25) is 0 Å². The van der Waals surface area contributed by atoms with Gasteiger partial charge < -0.3 is 19.8 Å². The quantitative estimate of drug-likeness (QED) is 0.297. The molecule has 0 aliphatic carbocycles. The maximum Gasteiger partial charge on any atom is 0.191 e. The third-order valence-electron chi connectivity index (χ3n) is 4.95. The molecule has 0 saturated carbocycles. The van der Waals surface area contributed by atoms with E-state index in [1.165, 1.54) is 11.1 Å². The van der Waals surface area contributed by atoms with Crippen LogP contribution >= 0.6 is 24.0 Å². The molecule has 1 fully saturated rings. The standard InChI is InChI=1S/C23H34N4O2.HI/c1-19(2)16-25-23(24-10-9-22-8-5-13-29-22)26-17-20-6-3-4-7-21(20)18-27-11-14-28-15-12-27;/h3-8,13,19H,9-12,14-18H2,1-2H3,(H2,24,25,26);1H. The molecule has 166 valence electrons. The molecule has 0 spiro atoms. The first-order valence-corrected chi connectivity index (χ1v) is 10.6. The summed E-state index contributed by atoms with van der Waals surface area (Å²) < 4.78 is 10.9. The summed E-state index contributed by atoms with van der Waals surface area (Å²) in [6.07, 6.45) is 2.55. The Morgan fingerprint density at radius 1 is 1.07 bits per heavy atom. The van der Waals surface area contributed by atoms with E-state index in [2.05, 4.69) is 53.6 Å². The highest BCUT2D eigenvalue weighted by atomic mass is 127. The first-order valence-electron chi connectivity index (χ1n) is 10.6. The Labute approximate surface area is 197 Å². The van der Waals surface area contributed by atoms with Crippen LogP contribution in [-0.4, -0.2) is 50.3 Å². The van der Waals surface area contributed by atoms with Crippen molar-refractivity contribution in [1.82, 2.24) is 15.5 Å². The Bertz CT molecular complexity index is 743. The molecule has 1 aromatic carbocycles. The van der Waals surface area contributed by atoms with E-state index in [1.54, 1.807) is 6.26 Å². The molecule has 0 atom stereocenters. The first kappa shape index (κ1) is 24.7. The van der Waals surface area contributed by atoms with Crippen molar-refractivity contribution in [2.75, 3.05) is 39.4 Å². The Kier molecular flexibility index (Phi) is 11.2. The number of benzene rings is 1. The van der Waals surface area contributed by atoms with Gasteiger partial charge in [-0.15, -0.1) is 24.0 Å². The van der Waals surface area contributed by atoms with Gasteiger partial charge in [-0.3, -0.25) is 4.90 Å². The average molecular weight is 526 g/mol. The molecule has 3 rings (SSSR count). The lowest BCUT2D eigenvalue weighted by Crippen LogP contribution is -2.40. The largest absolute Gasteiger partial charge is 0.469 e. The number of nitrogens with zero attached hydrogens (tertiary/aromatic N) is 2. The number of aliphatic imine (C=N–C) groups is 1. The van der Waals surface area contributed by atoms with Gasteiger partial charge in [0.05, 0.1) is 26.0 Å². The van der Waals surface area contributed by atoms with Gasteiger partial charge in [0.15, 0.2) is 5.96 Å². The molecule has 0 amide bonds. The molecular weight excluding hydrogens is 491 g/mol. The zero-order chi connectivity index (χ0) is 20.3. The van der Waals surface area contributed by atoms with Crippen LogP contribution in [0.5, 0.6) is 0 Å². The molecule has 7 heteroatoms. The number of hydrogen-bond acceptors (Lipinski definition) is 4. The molecule has 1 aliphatic heterocycles. The van der Waals surface area contributed by atoms with Gasteiger partial charge in [-0.1, -0.05) is 38.1 Å². The number of nitrogens with one attached hydrogen (secondary N) is 2. The fourth-order valence-corrected chi connectivity index (χ4v) is 3.26. The fourth-order valence-electron chi connectivity index (χ4n) is 3.26. The average Bonchev–Trinajstić information content (AvgIpc) is 3.25. The molecule has 1 saturated heterocycles. The van der Waals surface area contributed by atoms with E-state index >= 15 is 0 Å². The molecule has 2 N–H and O–H groups in total. The minimum absolute atomic E-state index is 0. The lowest BCUT2D eigenvalue weighted by atomic mass is 10.1. The summed E-state index contributed by atoms with van der Waals surface area (Å²) >= 11 is 0. The predicted molar refractivity (Wildman–Crippen MR) is 132 cm³/mol. The van der Waals surface area contributed by atoms with Gasteiger partial charge >= 0.3 is 0 Å². The minimum Gasteiger partial charge on any atom is -0.469 e. The molecule has 1 aromatic heterocycles. The highest BCUT2D eigenvalue weighted by Gasteiger charge is 2.12. The summed E-state index contributed by atoms with van der Waals surface area (Å²) in [5, 5.41) is 6.89. The lowest BCUT2D eigenvalue weighted by Gasteiger charge is -2.27.